The molecule has 116 valence electrons. The normalized spacial score (nSPS) is 20.0. The summed E-state index contributed by atoms with van der Waals surface area (Å²) in [5.41, 5.74) is -0.643. The molecule has 1 N–H and O–H groups in total. The van der Waals surface area contributed by atoms with Gasteiger partial charge in [0, 0.05) is 6.54 Å². The van der Waals surface area contributed by atoms with Crippen LogP contribution in [0.1, 0.15) is 33.3 Å². The summed E-state index contributed by atoms with van der Waals surface area (Å²) in [5.74, 6) is 0.436. The van der Waals surface area contributed by atoms with Crippen LogP contribution >= 0.6 is 0 Å². The quantitative estimate of drug-likeness (QED) is 0.875. The molecule has 21 heavy (non-hydrogen) atoms. The maximum atomic E-state index is 11.3. The van der Waals surface area contributed by atoms with E-state index in [2.05, 4.69) is 23.7 Å². The summed E-state index contributed by atoms with van der Waals surface area (Å²) in [6.45, 7) is 11.0. The van der Waals surface area contributed by atoms with Gasteiger partial charge in [-0.2, -0.15) is 0 Å². The molecule has 2 rings (SSSR count). The number of hydrogen-bond acceptors (Lipinski definition) is 4. The molecule has 0 aliphatic carbocycles. The summed E-state index contributed by atoms with van der Waals surface area (Å²) < 4.78 is 5.75. The van der Waals surface area contributed by atoms with E-state index in [-0.39, 0.29) is 5.54 Å². The van der Waals surface area contributed by atoms with Gasteiger partial charge in [0.15, 0.2) is 5.60 Å². The van der Waals surface area contributed by atoms with E-state index < -0.39 is 5.60 Å². The van der Waals surface area contributed by atoms with Crippen LogP contribution in [0.3, 0.4) is 0 Å². The molecular formula is C17H26N2O2. The first-order valence-electron chi connectivity index (χ1n) is 7.64. The zero-order chi connectivity index (χ0) is 15.5. The predicted molar refractivity (Wildman–Crippen MR) is 85.6 cm³/mol. The van der Waals surface area contributed by atoms with Gasteiger partial charge in [0.2, 0.25) is 5.90 Å². The second kappa shape index (κ2) is 6.16. The fourth-order valence-electron chi connectivity index (χ4n) is 2.56. The van der Waals surface area contributed by atoms with Crippen molar-refractivity contribution >= 4 is 5.90 Å². The molecule has 1 aliphatic heterocycles. The predicted octanol–water partition coefficient (Wildman–Crippen LogP) is 2.42. The van der Waals surface area contributed by atoms with E-state index in [4.69, 9.17) is 4.74 Å². The monoisotopic (exact) mass is 290 g/mol. The molecule has 1 heterocycles. The molecule has 4 heteroatoms. The highest BCUT2D eigenvalue weighted by atomic mass is 16.5. The zero-order valence-corrected chi connectivity index (χ0v) is 13.5. The van der Waals surface area contributed by atoms with E-state index in [1.165, 1.54) is 0 Å². The van der Waals surface area contributed by atoms with E-state index >= 15 is 0 Å². The largest absolute Gasteiger partial charge is 0.476 e. The van der Waals surface area contributed by atoms with E-state index in [1.54, 1.807) is 0 Å². The molecule has 1 atom stereocenters. The van der Waals surface area contributed by atoms with Gasteiger partial charge in [-0.15, -0.1) is 0 Å². The Morgan fingerprint density at radius 1 is 1.24 bits per heavy atom. The van der Waals surface area contributed by atoms with Crippen molar-refractivity contribution in [3.63, 3.8) is 0 Å². The van der Waals surface area contributed by atoms with Crippen molar-refractivity contribution < 1.29 is 9.84 Å². The van der Waals surface area contributed by atoms with Crippen LogP contribution in [0.5, 0.6) is 0 Å². The van der Waals surface area contributed by atoms with Crippen molar-refractivity contribution in [1.29, 1.82) is 0 Å². The SMILES string of the molecule is CCN(CC)CC(O)(C1=NC(C)(C)CO1)c1ccccc1. The summed E-state index contributed by atoms with van der Waals surface area (Å²) >= 11 is 0. The lowest BCUT2D eigenvalue weighted by molar-refractivity contribution is 0.0432. The number of likely N-dealkylation sites (N-methyl/N-ethyl adjacent to an activating group) is 1. The molecule has 0 bridgehead atoms. The molecule has 4 nitrogen and oxygen atoms in total. The van der Waals surface area contributed by atoms with Gasteiger partial charge in [-0.1, -0.05) is 44.2 Å². The van der Waals surface area contributed by atoms with Crippen LogP contribution in [0.2, 0.25) is 0 Å². The Morgan fingerprint density at radius 2 is 1.86 bits per heavy atom. The summed E-state index contributed by atoms with van der Waals surface area (Å²) in [7, 11) is 0. The number of rotatable bonds is 6. The van der Waals surface area contributed by atoms with Crippen LogP contribution in [0, 0.1) is 0 Å². The Morgan fingerprint density at radius 3 is 2.33 bits per heavy atom. The van der Waals surface area contributed by atoms with E-state index in [1.807, 2.05) is 44.2 Å². The van der Waals surface area contributed by atoms with Gasteiger partial charge in [0.1, 0.15) is 6.61 Å². The average Bonchev–Trinajstić information content (AvgIpc) is 2.86. The summed E-state index contributed by atoms with van der Waals surface area (Å²) in [6, 6.07) is 9.68. The second-order valence-electron chi connectivity index (χ2n) is 6.21. The first-order chi connectivity index (χ1) is 9.91. The minimum absolute atomic E-state index is 0.276. The Labute approximate surface area is 127 Å². The minimum Gasteiger partial charge on any atom is -0.476 e. The van der Waals surface area contributed by atoms with Crippen LogP contribution in [0.4, 0.5) is 0 Å². The van der Waals surface area contributed by atoms with Gasteiger partial charge in [-0.3, -0.25) is 0 Å². The molecule has 1 unspecified atom stereocenters. The Kier molecular flexibility index (Phi) is 4.69. The molecule has 0 fully saturated rings. The van der Waals surface area contributed by atoms with Crippen LogP contribution in [0.25, 0.3) is 0 Å². The van der Waals surface area contributed by atoms with E-state index in [0.717, 1.165) is 18.7 Å². The molecule has 1 aliphatic rings. The number of benzene rings is 1. The van der Waals surface area contributed by atoms with Gasteiger partial charge in [-0.05, 0) is 32.5 Å². The first-order valence-corrected chi connectivity index (χ1v) is 7.64. The third-order valence-electron chi connectivity index (χ3n) is 3.92. The van der Waals surface area contributed by atoms with Gasteiger partial charge >= 0.3 is 0 Å². The van der Waals surface area contributed by atoms with Crippen LogP contribution < -0.4 is 0 Å². The summed E-state index contributed by atoms with van der Waals surface area (Å²) in [5, 5.41) is 11.3. The lowest BCUT2D eigenvalue weighted by atomic mass is 9.92. The van der Waals surface area contributed by atoms with Crippen molar-refractivity contribution in [3.05, 3.63) is 35.9 Å². The standard InChI is InChI=1S/C17H26N2O2/c1-5-19(6-2)12-17(20,14-10-8-7-9-11-14)15-18-16(3,4)13-21-15/h7-11,20H,5-6,12-13H2,1-4H3. The van der Waals surface area contributed by atoms with Gasteiger partial charge < -0.3 is 14.7 Å². The van der Waals surface area contributed by atoms with Crippen LogP contribution in [0.15, 0.2) is 35.3 Å². The molecule has 0 spiro atoms. The minimum atomic E-state index is -1.19. The molecule has 0 saturated heterocycles. The molecule has 0 saturated carbocycles. The highest BCUT2D eigenvalue weighted by Crippen LogP contribution is 2.31. The third-order valence-corrected chi connectivity index (χ3v) is 3.92. The van der Waals surface area contributed by atoms with Gasteiger partial charge in [-0.25, -0.2) is 4.99 Å². The van der Waals surface area contributed by atoms with Crippen LogP contribution in [-0.4, -0.2) is 47.7 Å². The number of nitrogens with zero attached hydrogens (tertiary/aromatic N) is 2. The Balaban J connectivity index is 2.40. The third kappa shape index (κ3) is 3.44. The number of aliphatic imine (C=N–C) groups is 1. The van der Waals surface area contributed by atoms with Gasteiger partial charge in [0.25, 0.3) is 0 Å². The zero-order valence-electron chi connectivity index (χ0n) is 13.5. The van der Waals surface area contributed by atoms with Crippen molar-refractivity contribution in [2.45, 2.75) is 38.8 Å². The highest BCUT2D eigenvalue weighted by Gasteiger charge is 2.43. The molecule has 1 aromatic carbocycles. The second-order valence-corrected chi connectivity index (χ2v) is 6.21. The fraction of sp³-hybridized carbons (Fsp3) is 0.588. The molecule has 1 aromatic rings. The average molecular weight is 290 g/mol. The highest BCUT2D eigenvalue weighted by molar-refractivity contribution is 5.88. The van der Waals surface area contributed by atoms with E-state index in [0.29, 0.717) is 19.0 Å². The maximum Gasteiger partial charge on any atom is 0.223 e. The molecule has 0 radical (unpaired) electrons. The first kappa shape index (κ1) is 16.0. The topological polar surface area (TPSA) is 45.1 Å². The van der Waals surface area contributed by atoms with Gasteiger partial charge in [0.05, 0.1) is 5.54 Å². The molecule has 0 amide bonds. The number of ether oxygens (including phenoxy) is 1. The molecule has 0 aromatic heterocycles. The van der Waals surface area contributed by atoms with Crippen molar-refractivity contribution in [1.82, 2.24) is 4.90 Å². The van der Waals surface area contributed by atoms with Crippen LogP contribution in [-0.2, 0) is 10.3 Å². The maximum absolute atomic E-state index is 11.3. The summed E-state index contributed by atoms with van der Waals surface area (Å²) in [4.78, 5) is 6.79. The molecular weight excluding hydrogens is 264 g/mol. The van der Waals surface area contributed by atoms with Crippen molar-refractivity contribution in [2.75, 3.05) is 26.2 Å². The van der Waals surface area contributed by atoms with Crippen molar-refractivity contribution in [2.24, 2.45) is 4.99 Å². The Bertz CT molecular complexity index is 495. The smallest absolute Gasteiger partial charge is 0.223 e. The van der Waals surface area contributed by atoms with Crippen molar-refractivity contribution in [3.8, 4) is 0 Å². The lowest BCUT2D eigenvalue weighted by Gasteiger charge is -2.33. The number of aliphatic hydroxyl groups is 1. The van der Waals surface area contributed by atoms with E-state index in [9.17, 15) is 5.11 Å². The summed E-state index contributed by atoms with van der Waals surface area (Å²) in [6.07, 6.45) is 0. The Hall–Kier alpha value is -1.39. The fourth-order valence-corrected chi connectivity index (χ4v) is 2.56. The number of hydrogen-bond donors (Lipinski definition) is 1. The lowest BCUT2D eigenvalue weighted by Crippen LogP contribution is -2.47.